The molecule has 1 aromatic carbocycles. The van der Waals surface area contributed by atoms with E-state index in [1.807, 2.05) is 0 Å². The number of anilines is 2. The first-order valence-electron chi connectivity index (χ1n) is 5.36. The molecule has 20 heavy (non-hydrogen) atoms. The molecule has 0 saturated heterocycles. The van der Waals surface area contributed by atoms with Crippen molar-refractivity contribution < 1.29 is 13.2 Å². The van der Waals surface area contributed by atoms with Gasteiger partial charge in [-0.25, -0.2) is 18.4 Å². The van der Waals surface area contributed by atoms with E-state index in [9.17, 15) is 8.42 Å². The third kappa shape index (κ3) is 3.17. The van der Waals surface area contributed by atoms with Gasteiger partial charge in [-0.05, 0) is 28.1 Å². The number of hydrogen-bond acceptors (Lipinski definition) is 6. The molecule has 0 spiro atoms. The van der Waals surface area contributed by atoms with Gasteiger partial charge in [-0.15, -0.1) is 0 Å². The van der Waals surface area contributed by atoms with Crippen molar-refractivity contribution >= 4 is 37.5 Å². The lowest BCUT2D eigenvalue weighted by Gasteiger charge is -2.09. The SMILES string of the molecule is COc1cc(S(=O)(=O)Nc2cnc(Br)cn2)ccc1N. The number of nitrogens with zero attached hydrogens (tertiary/aromatic N) is 2. The number of rotatable bonds is 4. The third-order valence-electron chi connectivity index (χ3n) is 2.37. The summed E-state index contributed by atoms with van der Waals surface area (Å²) in [6, 6.07) is 4.18. The van der Waals surface area contributed by atoms with Crippen LogP contribution in [0.1, 0.15) is 0 Å². The quantitative estimate of drug-likeness (QED) is 0.804. The van der Waals surface area contributed by atoms with Crippen LogP contribution in [-0.4, -0.2) is 25.5 Å². The number of hydrogen-bond donors (Lipinski definition) is 2. The monoisotopic (exact) mass is 358 g/mol. The van der Waals surface area contributed by atoms with Crippen molar-refractivity contribution in [1.82, 2.24) is 9.97 Å². The van der Waals surface area contributed by atoms with Crippen LogP contribution in [0.4, 0.5) is 11.5 Å². The second-order valence-corrected chi connectivity index (χ2v) is 6.23. The Morgan fingerprint density at radius 2 is 2.05 bits per heavy atom. The third-order valence-corrected chi connectivity index (χ3v) is 4.14. The van der Waals surface area contributed by atoms with Gasteiger partial charge in [0.1, 0.15) is 10.4 Å². The number of aromatic nitrogens is 2. The van der Waals surface area contributed by atoms with E-state index in [4.69, 9.17) is 10.5 Å². The Morgan fingerprint density at radius 1 is 1.30 bits per heavy atom. The highest BCUT2D eigenvalue weighted by Crippen LogP contribution is 2.25. The molecule has 1 aromatic heterocycles. The van der Waals surface area contributed by atoms with Crippen LogP contribution in [0.3, 0.4) is 0 Å². The number of nitrogen functional groups attached to an aromatic ring is 1. The van der Waals surface area contributed by atoms with E-state index in [0.717, 1.165) is 0 Å². The zero-order valence-corrected chi connectivity index (χ0v) is 12.8. The molecule has 0 radical (unpaired) electrons. The van der Waals surface area contributed by atoms with Crippen LogP contribution in [0, 0.1) is 0 Å². The predicted molar refractivity (Wildman–Crippen MR) is 77.9 cm³/mol. The highest BCUT2D eigenvalue weighted by molar-refractivity contribution is 9.10. The van der Waals surface area contributed by atoms with Gasteiger partial charge >= 0.3 is 0 Å². The average molecular weight is 359 g/mol. The number of benzene rings is 1. The molecule has 106 valence electrons. The van der Waals surface area contributed by atoms with E-state index in [1.54, 1.807) is 0 Å². The number of halogens is 1. The van der Waals surface area contributed by atoms with Crippen LogP contribution < -0.4 is 15.2 Å². The second kappa shape index (κ2) is 5.63. The molecule has 0 aliphatic rings. The zero-order chi connectivity index (χ0) is 14.8. The fourth-order valence-corrected chi connectivity index (χ4v) is 2.63. The minimum Gasteiger partial charge on any atom is -0.495 e. The molecule has 0 aliphatic heterocycles. The topological polar surface area (TPSA) is 107 Å². The smallest absolute Gasteiger partial charge is 0.263 e. The number of nitrogens with one attached hydrogen (secondary N) is 1. The summed E-state index contributed by atoms with van der Waals surface area (Å²) in [5.74, 6) is 0.402. The first-order valence-corrected chi connectivity index (χ1v) is 7.64. The zero-order valence-electron chi connectivity index (χ0n) is 10.4. The van der Waals surface area contributed by atoms with Crippen molar-refractivity contribution in [1.29, 1.82) is 0 Å². The average Bonchev–Trinajstić information content (AvgIpc) is 2.41. The molecule has 3 N–H and O–H groups in total. The maximum absolute atomic E-state index is 12.2. The molecule has 0 bridgehead atoms. The summed E-state index contributed by atoms with van der Waals surface area (Å²) in [6.45, 7) is 0. The summed E-state index contributed by atoms with van der Waals surface area (Å²) >= 11 is 3.12. The van der Waals surface area contributed by atoms with Crippen molar-refractivity contribution in [2.45, 2.75) is 4.90 Å². The van der Waals surface area contributed by atoms with Crippen molar-refractivity contribution in [2.75, 3.05) is 17.6 Å². The maximum atomic E-state index is 12.2. The van der Waals surface area contributed by atoms with Crippen molar-refractivity contribution in [3.05, 3.63) is 35.2 Å². The van der Waals surface area contributed by atoms with Crippen LogP contribution in [0.5, 0.6) is 5.75 Å². The van der Waals surface area contributed by atoms with E-state index >= 15 is 0 Å². The molecule has 2 rings (SSSR count). The molecule has 0 amide bonds. The van der Waals surface area contributed by atoms with Crippen LogP contribution in [-0.2, 0) is 10.0 Å². The largest absolute Gasteiger partial charge is 0.495 e. The van der Waals surface area contributed by atoms with Gasteiger partial charge in [0.25, 0.3) is 10.0 Å². The van der Waals surface area contributed by atoms with Gasteiger partial charge in [0.05, 0.1) is 30.1 Å². The minimum atomic E-state index is -3.78. The molecule has 0 saturated carbocycles. The highest BCUT2D eigenvalue weighted by Gasteiger charge is 2.17. The van der Waals surface area contributed by atoms with Gasteiger partial charge in [-0.1, -0.05) is 0 Å². The number of methoxy groups -OCH3 is 1. The van der Waals surface area contributed by atoms with Gasteiger partial charge in [0, 0.05) is 6.07 Å². The molecular formula is C11H11BrN4O3S. The summed E-state index contributed by atoms with van der Waals surface area (Å²) in [5.41, 5.74) is 6.00. The molecule has 2 aromatic rings. The first-order chi connectivity index (χ1) is 9.42. The van der Waals surface area contributed by atoms with E-state index in [-0.39, 0.29) is 16.5 Å². The Hall–Kier alpha value is -1.87. The van der Waals surface area contributed by atoms with Gasteiger partial charge in [0.2, 0.25) is 0 Å². The molecule has 7 nitrogen and oxygen atoms in total. The molecule has 0 unspecified atom stereocenters. The Kier molecular flexibility index (Phi) is 4.09. The van der Waals surface area contributed by atoms with E-state index in [0.29, 0.717) is 10.3 Å². The lowest BCUT2D eigenvalue weighted by Crippen LogP contribution is -2.14. The van der Waals surface area contributed by atoms with E-state index in [1.165, 1.54) is 37.7 Å². The predicted octanol–water partition coefficient (Wildman–Crippen LogP) is 1.63. The molecule has 0 atom stereocenters. The van der Waals surface area contributed by atoms with Crippen LogP contribution in [0.15, 0.2) is 40.1 Å². The van der Waals surface area contributed by atoms with Crippen molar-refractivity contribution in [3.8, 4) is 5.75 Å². The van der Waals surface area contributed by atoms with Gasteiger partial charge < -0.3 is 10.5 Å². The molecule has 0 fully saturated rings. The Bertz CT molecular complexity index is 719. The highest BCUT2D eigenvalue weighted by atomic mass is 79.9. The Labute approximate surface area is 124 Å². The van der Waals surface area contributed by atoms with E-state index < -0.39 is 10.0 Å². The number of nitrogens with two attached hydrogens (primary N) is 1. The summed E-state index contributed by atoms with van der Waals surface area (Å²) in [7, 11) is -2.37. The molecule has 0 aliphatic carbocycles. The number of sulfonamides is 1. The van der Waals surface area contributed by atoms with Gasteiger partial charge in [-0.2, -0.15) is 0 Å². The maximum Gasteiger partial charge on any atom is 0.263 e. The summed E-state index contributed by atoms with van der Waals surface area (Å²) in [6.07, 6.45) is 2.69. The fraction of sp³-hybridized carbons (Fsp3) is 0.0909. The molecular weight excluding hydrogens is 348 g/mol. The van der Waals surface area contributed by atoms with Crippen molar-refractivity contribution in [3.63, 3.8) is 0 Å². The Morgan fingerprint density at radius 3 is 2.65 bits per heavy atom. The standard InChI is InChI=1S/C11H11BrN4O3S/c1-19-9-4-7(2-3-8(9)13)20(17,18)16-11-6-14-10(12)5-15-11/h2-6H,13H2,1H3,(H,15,16). The normalized spacial score (nSPS) is 11.1. The van der Waals surface area contributed by atoms with Crippen LogP contribution >= 0.6 is 15.9 Å². The van der Waals surface area contributed by atoms with Crippen molar-refractivity contribution in [2.24, 2.45) is 0 Å². The van der Waals surface area contributed by atoms with E-state index in [2.05, 4.69) is 30.6 Å². The lowest BCUT2D eigenvalue weighted by atomic mass is 10.3. The summed E-state index contributed by atoms with van der Waals surface area (Å²) in [4.78, 5) is 7.80. The van der Waals surface area contributed by atoms with Gasteiger partial charge in [-0.3, -0.25) is 4.72 Å². The number of ether oxygens (including phenoxy) is 1. The molecule has 9 heteroatoms. The fourth-order valence-electron chi connectivity index (χ4n) is 1.42. The Balaban J connectivity index is 2.33. The minimum absolute atomic E-state index is 0.0215. The van der Waals surface area contributed by atoms with Crippen LogP contribution in [0.2, 0.25) is 0 Å². The first kappa shape index (κ1) is 14.5. The summed E-state index contributed by atoms with van der Waals surface area (Å²) < 4.78 is 32.2. The molecule has 1 heterocycles. The van der Waals surface area contributed by atoms with Gasteiger partial charge in [0.15, 0.2) is 5.82 Å². The lowest BCUT2D eigenvalue weighted by molar-refractivity contribution is 0.415. The second-order valence-electron chi connectivity index (χ2n) is 3.73. The van der Waals surface area contributed by atoms with Crippen LogP contribution in [0.25, 0.3) is 0 Å². The summed E-state index contributed by atoms with van der Waals surface area (Å²) in [5, 5.41) is 0.